The predicted molar refractivity (Wildman–Crippen MR) is 121 cm³/mol. The van der Waals surface area contributed by atoms with Crippen LogP contribution in [-0.2, 0) is 4.74 Å². The number of ether oxygens (including phenoxy) is 1. The molecule has 0 radical (unpaired) electrons. The van der Waals surface area contributed by atoms with Crippen LogP contribution in [0.1, 0.15) is 92.4 Å². The third kappa shape index (κ3) is 13.7. The molecular weight excluding hydrogens is 338 g/mol. The second-order valence-electron chi connectivity index (χ2n) is 8.98. The lowest BCUT2D eigenvalue weighted by molar-refractivity contribution is 0.0777. The molecule has 0 spiro atoms. The van der Waals surface area contributed by atoms with Crippen LogP contribution in [0.25, 0.3) is 0 Å². The Morgan fingerprint density at radius 1 is 1.04 bits per heavy atom. The average Bonchev–Trinajstić information content (AvgIpc) is 2.51. The number of allylic oxidation sites excluding steroid dienone is 1. The molecular formula is C23H45NOS. The molecule has 3 heteroatoms. The highest BCUT2D eigenvalue weighted by molar-refractivity contribution is 7.80. The maximum absolute atomic E-state index is 6.06. The summed E-state index contributed by atoms with van der Waals surface area (Å²) in [6, 6.07) is 0.0894. The number of rotatable bonds is 16. The largest absolute Gasteiger partial charge is 0.498 e. The van der Waals surface area contributed by atoms with Gasteiger partial charge in [-0.05, 0) is 50.2 Å². The first kappa shape index (κ1) is 25.6. The summed E-state index contributed by atoms with van der Waals surface area (Å²) in [5.41, 5.74) is 7.28. The smallest absolute Gasteiger partial charge is 0.0930 e. The lowest BCUT2D eigenvalue weighted by atomic mass is 9.80. The molecule has 2 nitrogen and oxygen atoms in total. The van der Waals surface area contributed by atoms with E-state index in [-0.39, 0.29) is 11.5 Å². The predicted octanol–water partition coefficient (Wildman–Crippen LogP) is 6.91. The van der Waals surface area contributed by atoms with Gasteiger partial charge in [0.05, 0.1) is 12.4 Å². The van der Waals surface area contributed by atoms with Crippen molar-refractivity contribution in [1.82, 2.24) is 0 Å². The Morgan fingerprint density at radius 2 is 1.65 bits per heavy atom. The molecule has 3 atom stereocenters. The summed E-state index contributed by atoms with van der Waals surface area (Å²) in [6.45, 7) is 19.9. The van der Waals surface area contributed by atoms with Gasteiger partial charge in [-0.15, -0.1) is 0 Å². The van der Waals surface area contributed by atoms with E-state index in [0.29, 0.717) is 11.2 Å². The molecule has 0 saturated carbocycles. The molecule has 0 aromatic carbocycles. The summed E-state index contributed by atoms with van der Waals surface area (Å²) < 4.78 is 6.06. The highest BCUT2D eigenvalue weighted by Gasteiger charge is 2.25. The van der Waals surface area contributed by atoms with Gasteiger partial charge < -0.3 is 10.5 Å². The number of hydrogen-bond acceptors (Lipinski definition) is 3. The zero-order valence-corrected chi connectivity index (χ0v) is 19.0. The average molecular weight is 384 g/mol. The molecule has 2 N–H and O–H groups in total. The minimum absolute atomic E-state index is 0.0894. The van der Waals surface area contributed by atoms with Crippen LogP contribution >= 0.6 is 12.6 Å². The fourth-order valence-corrected chi connectivity index (χ4v) is 3.38. The van der Waals surface area contributed by atoms with Crippen LogP contribution in [0.3, 0.4) is 0 Å². The SMILES string of the molecule is C=C(CC(C)C)OCC(C)(CCCCCC(C)S)CCCC(=C)C(C)N. The van der Waals surface area contributed by atoms with Gasteiger partial charge in [-0.25, -0.2) is 0 Å². The molecule has 26 heavy (non-hydrogen) atoms. The zero-order valence-electron chi connectivity index (χ0n) is 18.2. The molecule has 0 fully saturated rings. The zero-order chi connectivity index (χ0) is 20.2. The van der Waals surface area contributed by atoms with Crippen LogP contribution in [0.5, 0.6) is 0 Å². The molecule has 0 aliphatic heterocycles. The van der Waals surface area contributed by atoms with Gasteiger partial charge in [0.1, 0.15) is 0 Å². The fourth-order valence-electron chi connectivity index (χ4n) is 3.20. The molecule has 3 unspecified atom stereocenters. The first-order valence-electron chi connectivity index (χ1n) is 10.5. The molecule has 0 rings (SSSR count). The molecule has 0 aromatic heterocycles. The standard InChI is InChI=1S/C23H45NOS/c1-18(2)16-20(4)25-17-23(7,14-10-8-9-13-21(5)26)15-11-12-19(3)22(6)24/h18,21-22,26H,3-4,8-17,24H2,1-2,5-7H3. The summed E-state index contributed by atoms with van der Waals surface area (Å²) in [6.07, 6.45) is 10.4. The Balaban J connectivity index is 4.48. The third-order valence-corrected chi connectivity index (χ3v) is 5.34. The Morgan fingerprint density at radius 3 is 2.19 bits per heavy atom. The van der Waals surface area contributed by atoms with E-state index in [2.05, 4.69) is 53.5 Å². The number of unbranched alkanes of at least 4 members (excludes halogenated alkanes) is 2. The topological polar surface area (TPSA) is 35.2 Å². The summed E-state index contributed by atoms with van der Waals surface area (Å²) in [7, 11) is 0. The number of thiol groups is 1. The Labute approximate surface area is 169 Å². The van der Waals surface area contributed by atoms with Gasteiger partial charge in [-0.1, -0.05) is 65.7 Å². The maximum Gasteiger partial charge on any atom is 0.0930 e. The minimum atomic E-state index is 0.0894. The fraction of sp³-hybridized carbons (Fsp3) is 0.826. The first-order chi connectivity index (χ1) is 12.1. The second-order valence-corrected chi connectivity index (χ2v) is 9.87. The van der Waals surface area contributed by atoms with E-state index in [1.165, 1.54) is 32.1 Å². The lowest BCUT2D eigenvalue weighted by Gasteiger charge is -2.31. The molecule has 0 heterocycles. The van der Waals surface area contributed by atoms with E-state index in [0.717, 1.165) is 43.6 Å². The quantitative estimate of drug-likeness (QED) is 0.131. The number of nitrogens with two attached hydrogens (primary N) is 1. The third-order valence-electron chi connectivity index (χ3n) is 5.09. The van der Waals surface area contributed by atoms with Crippen molar-refractivity contribution in [2.24, 2.45) is 17.1 Å². The van der Waals surface area contributed by atoms with Gasteiger partial charge in [0.25, 0.3) is 0 Å². The molecule has 0 saturated heterocycles. The van der Waals surface area contributed by atoms with Crippen LogP contribution in [0.4, 0.5) is 0 Å². The van der Waals surface area contributed by atoms with Gasteiger partial charge >= 0.3 is 0 Å². The molecule has 0 amide bonds. The van der Waals surface area contributed by atoms with Crippen molar-refractivity contribution in [3.05, 3.63) is 24.5 Å². The van der Waals surface area contributed by atoms with E-state index in [9.17, 15) is 0 Å². The van der Waals surface area contributed by atoms with E-state index in [1.54, 1.807) is 0 Å². The van der Waals surface area contributed by atoms with Crippen molar-refractivity contribution >= 4 is 12.6 Å². The van der Waals surface area contributed by atoms with Crippen molar-refractivity contribution in [2.75, 3.05) is 6.61 Å². The molecule has 0 aromatic rings. The van der Waals surface area contributed by atoms with Crippen molar-refractivity contribution in [2.45, 2.75) is 104 Å². The van der Waals surface area contributed by atoms with Gasteiger partial charge in [0.2, 0.25) is 0 Å². The van der Waals surface area contributed by atoms with Crippen LogP contribution in [0.15, 0.2) is 24.5 Å². The Kier molecular flexibility index (Phi) is 13.5. The normalized spacial score (nSPS) is 16.2. The van der Waals surface area contributed by atoms with Gasteiger partial charge in [0.15, 0.2) is 0 Å². The molecule has 0 bridgehead atoms. The van der Waals surface area contributed by atoms with E-state index >= 15 is 0 Å². The summed E-state index contributed by atoms with van der Waals surface area (Å²) >= 11 is 4.47. The summed E-state index contributed by atoms with van der Waals surface area (Å²) in [5.74, 6) is 1.52. The second kappa shape index (κ2) is 13.7. The lowest BCUT2D eigenvalue weighted by Crippen LogP contribution is -2.24. The van der Waals surface area contributed by atoms with E-state index in [1.807, 2.05) is 6.92 Å². The molecule has 0 aliphatic carbocycles. The summed E-state index contributed by atoms with van der Waals surface area (Å²) in [4.78, 5) is 0. The first-order valence-corrected chi connectivity index (χ1v) is 11.0. The Bertz CT molecular complexity index is 403. The van der Waals surface area contributed by atoms with Gasteiger partial charge in [0, 0.05) is 17.9 Å². The van der Waals surface area contributed by atoms with Crippen LogP contribution in [0, 0.1) is 11.3 Å². The monoisotopic (exact) mass is 383 g/mol. The van der Waals surface area contributed by atoms with Crippen molar-refractivity contribution in [1.29, 1.82) is 0 Å². The van der Waals surface area contributed by atoms with Crippen LogP contribution in [0.2, 0.25) is 0 Å². The van der Waals surface area contributed by atoms with Crippen LogP contribution in [-0.4, -0.2) is 17.9 Å². The molecule has 0 aliphatic rings. The van der Waals surface area contributed by atoms with E-state index in [4.69, 9.17) is 10.5 Å². The Hall–Kier alpha value is -0.410. The minimum Gasteiger partial charge on any atom is -0.498 e. The number of hydrogen-bond donors (Lipinski definition) is 2. The van der Waals surface area contributed by atoms with Gasteiger partial charge in [-0.3, -0.25) is 0 Å². The maximum atomic E-state index is 6.06. The van der Waals surface area contributed by atoms with Crippen molar-refractivity contribution in [3.8, 4) is 0 Å². The highest BCUT2D eigenvalue weighted by Crippen LogP contribution is 2.33. The molecule has 154 valence electrons. The van der Waals surface area contributed by atoms with E-state index < -0.39 is 0 Å². The van der Waals surface area contributed by atoms with Gasteiger partial charge in [-0.2, -0.15) is 12.6 Å². The van der Waals surface area contributed by atoms with Crippen molar-refractivity contribution < 1.29 is 4.74 Å². The van der Waals surface area contributed by atoms with Crippen molar-refractivity contribution in [3.63, 3.8) is 0 Å². The highest BCUT2D eigenvalue weighted by atomic mass is 32.1. The summed E-state index contributed by atoms with van der Waals surface area (Å²) in [5, 5.41) is 0.508. The van der Waals surface area contributed by atoms with Crippen LogP contribution < -0.4 is 5.73 Å².